The van der Waals surface area contributed by atoms with E-state index in [0.717, 1.165) is 5.56 Å². The van der Waals surface area contributed by atoms with Crippen molar-refractivity contribution in [2.75, 3.05) is 11.9 Å². The van der Waals surface area contributed by atoms with Crippen molar-refractivity contribution in [3.05, 3.63) is 29.8 Å². The molecule has 0 radical (unpaired) electrons. The summed E-state index contributed by atoms with van der Waals surface area (Å²) < 4.78 is 28.1. The Labute approximate surface area is 132 Å². The molecule has 0 bridgehead atoms. The molecule has 1 aromatic carbocycles. The summed E-state index contributed by atoms with van der Waals surface area (Å²) in [5, 5.41) is 14.7. The highest BCUT2D eigenvalue weighted by Crippen LogP contribution is 2.44. The highest BCUT2D eigenvalue weighted by Gasteiger charge is 2.61. The molecule has 1 saturated carbocycles. The lowest BCUT2D eigenvalue weighted by molar-refractivity contribution is -0.215. The summed E-state index contributed by atoms with van der Waals surface area (Å²) in [5.74, 6) is -5.88. The Morgan fingerprint density at radius 1 is 1.39 bits per heavy atom. The van der Waals surface area contributed by atoms with E-state index < -0.39 is 17.4 Å². The Morgan fingerprint density at radius 2 is 2.09 bits per heavy atom. The van der Waals surface area contributed by atoms with Crippen LogP contribution in [0, 0.1) is 0 Å². The Hall–Kier alpha value is -2.02. The molecule has 1 fully saturated rings. The number of nitrogens with one attached hydrogen (secondary N) is 2. The number of alkyl halides is 2. The first kappa shape index (κ1) is 15.9. The van der Waals surface area contributed by atoms with Crippen LogP contribution in [0.1, 0.15) is 37.2 Å². The van der Waals surface area contributed by atoms with Gasteiger partial charge in [0.2, 0.25) is 5.91 Å². The lowest BCUT2D eigenvalue weighted by atomic mass is 9.75. The molecular weight excluding hydrogens is 306 g/mol. The topological polar surface area (TPSA) is 78.4 Å². The molecule has 1 atom stereocenters. The Balaban J connectivity index is 1.69. The minimum atomic E-state index is -3.82. The van der Waals surface area contributed by atoms with E-state index in [1.807, 2.05) is 0 Å². The fourth-order valence-corrected chi connectivity index (χ4v) is 3.05. The first-order chi connectivity index (χ1) is 10.8. The molecule has 5 nitrogen and oxygen atoms in total. The Kier molecular flexibility index (Phi) is 3.83. The number of fused-ring (bicyclic) bond motifs is 1. The number of amides is 2. The van der Waals surface area contributed by atoms with E-state index >= 15 is 0 Å². The monoisotopic (exact) mass is 324 g/mol. The maximum absolute atomic E-state index is 14.0. The van der Waals surface area contributed by atoms with Crippen molar-refractivity contribution in [2.24, 2.45) is 0 Å². The van der Waals surface area contributed by atoms with Crippen molar-refractivity contribution in [1.82, 2.24) is 5.32 Å². The molecule has 1 aliphatic heterocycles. The van der Waals surface area contributed by atoms with Crippen LogP contribution in [-0.4, -0.2) is 35.0 Å². The molecule has 0 spiro atoms. The largest absolute Gasteiger partial charge is 0.383 e. The highest BCUT2D eigenvalue weighted by atomic mass is 19.3. The van der Waals surface area contributed by atoms with E-state index in [2.05, 4.69) is 10.6 Å². The Morgan fingerprint density at radius 3 is 2.74 bits per heavy atom. The molecule has 1 heterocycles. The average Bonchev–Trinajstić information content (AvgIpc) is 2.49. The van der Waals surface area contributed by atoms with Crippen LogP contribution in [0.5, 0.6) is 0 Å². The third-order valence-electron chi connectivity index (χ3n) is 4.67. The number of carbonyl (C=O) groups excluding carboxylic acids is 2. The van der Waals surface area contributed by atoms with E-state index in [1.165, 1.54) is 0 Å². The molecular formula is C16H18F2N2O3. The fraction of sp³-hybridized carbons (Fsp3) is 0.500. The molecule has 0 saturated heterocycles. The summed E-state index contributed by atoms with van der Waals surface area (Å²) >= 11 is 0. The minimum absolute atomic E-state index is 0.0745. The molecule has 124 valence electrons. The van der Waals surface area contributed by atoms with Crippen LogP contribution in [0.2, 0.25) is 0 Å². The SMILES string of the molecule is O=C1C[C@@H](CNC(=O)C(F)(F)C2(O)CCC2)c2ccccc2N1. The van der Waals surface area contributed by atoms with Crippen molar-refractivity contribution < 1.29 is 23.5 Å². The van der Waals surface area contributed by atoms with Gasteiger partial charge < -0.3 is 15.7 Å². The summed E-state index contributed by atoms with van der Waals surface area (Å²) in [6, 6.07) is 7.08. The van der Waals surface area contributed by atoms with E-state index in [9.17, 15) is 23.5 Å². The van der Waals surface area contributed by atoms with Gasteiger partial charge in [-0.05, 0) is 30.9 Å². The van der Waals surface area contributed by atoms with Gasteiger partial charge in [0.15, 0.2) is 0 Å². The predicted octanol–water partition coefficient (Wildman–Crippen LogP) is 1.78. The second kappa shape index (κ2) is 5.56. The summed E-state index contributed by atoms with van der Waals surface area (Å²) in [5.41, 5.74) is -0.802. The molecule has 0 aromatic heterocycles. The number of benzene rings is 1. The zero-order valence-corrected chi connectivity index (χ0v) is 12.4. The van der Waals surface area contributed by atoms with Gasteiger partial charge in [0.1, 0.15) is 5.60 Å². The number of para-hydroxylation sites is 1. The predicted molar refractivity (Wildman–Crippen MR) is 79.2 cm³/mol. The number of halogens is 2. The van der Waals surface area contributed by atoms with Crippen LogP contribution in [0.25, 0.3) is 0 Å². The minimum Gasteiger partial charge on any atom is -0.383 e. The number of hydrogen-bond donors (Lipinski definition) is 3. The van der Waals surface area contributed by atoms with Gasteiger partial charge in [0, 0.05) is 24.6 Å². The van der Waals surface area contributed by atoms with Crippen molar-refractivity contribution in [1.29, 1.82) is 0 Å². The van der Waals surface area contributed by atoms with E-state index in [0.29, 0.717) is 12.1 Å². The zero-order valence-electron chi connectivity index (χ0n) is 12.4. The van der Waals surface area contributed by atoms with Crippen molar-refractivity contribution in [2.45, 2.75) is 43.1 Å². The zero-order chi connectivity index (χ0) is 16.7. The summed E-state index contributed by atoms with van der Waals surface area (Å²) in [6.07, 6.45) is 0.437. The summed E-state index contributed by atoms with van der Waals surface area (Å²) in [7, 11) is 0. The molecule has 3 rings (SSSR count). The third-order valence-corrected chi connectivity index (χ3v) is 4.67. The molecule has 2 aliphatic rings. The lowest BCUT2D eigenvalue weighted by Crippen LogP contribution is -2.61. The quantitative estimate of drug-likeness (QED) is 0.790. The van der Waals surface area contributed by atoms with Gasteiger partial charge in [0.05, 0.1) is 0 Å². The van der Waals surface area contributed by atoms with E-state index in [-0.39, 0.29) is 37.6 Å². The van der Waals surface area contributed by atoms with Crippen LogP contribution < -0.4 is 10.6 Å². The second-order valence-electron chi connectivity index (χ2n) is 6.21. The lowest BCUT2D eigenvalue weighted by Gasteiger charge is -2.41. The fourth-order valence-electron chi connectivity index (χ4n) is 3.05. The van der Waals surface area contributed by atoms with Gasteiger partial charge in [0.25, 0.3) is 5.91 Å². The molecule has 1 aromatic rings. The van der Waals surface area contributed by atoms with Crippen molar-refractivity contribution in [3.8, 4) is 0 Å². The maximum Gasteiger partial charge on any atom is 0.352 e. The van der Waals surface area contributed by atoms with Gasteiger partial charge in [-0.25, -0.2) is 0 Å². The van der Waals surface area contributed by atoms with Crippen LogP contribution in [0.4, 0.5) is 14.5 Å². The molecule has 7 heteroatoms. The van der Waals surface area contributed by atoms with Gasteiger partial charge in [-0.3, -0.25) is 9.59 Å². The van der Waals surface area contributed by atoms with Crippen LogP contribution >= 0.6 is 0 Å². The van der Waals surface area contributed by atoms with Gasteiger partial charge >= 0.3 is 5.92 Å². The summed E-state index contributed by atoms with van der Waals surface area (Å²) in [4.78, 5) is 23.5. The number of aliphatic hydroxyl groups is 1. The third kappa shape index (κ3) is 2.69. The van der Waals surface area contributed by atoms with Gasteiger partial charge in [-0.15, -0.1) is 0 Å². The first-order valence-electron chi connectivity index (χ1n) is 7.61. The maximum atomic E-state index is 14.0. The van der Waals surface area contributed by atoms with Crippen LogP contribution in [-0.2, 0) is 9.59 Å². The molecule has 1 aliphatic carbocycles. The van der Waals surface area contributed by atoms with E-state index in [1.54, 1.807) is 24.3 Å². The summed E-state index contributed by atoms with van der Waals surface area (Å²) in [6.45, 7) is -0.0745. The number of rotatable bonds is 4. The van der Waals surface area contributed by atoms with Crippen molar-refractivity contribution >= 4 is 17.5 Å². The van der Waals surface area contributed by atoms with Crippen molar-refractivity contribution in [3.63, 3.8) is 0 Å². The first-order valence-corrected chi connectivity index (χ1v) is 7.61. The second-order valence-corrected chi connectivity index (χ2v) is 6.21. The molecule has 0 unspecified atom stereocenters. The smallest absolute Gasteiger partial charge is 0.352 e. The molecule has 3 N–H and O–H groups in total. The van der Waals surface area contributed by atoms with Gasteiger partial charge in [-0.1, -0.05) is 18.2 Å². The van der Waals surface area contributed by atoms with E-state index in [4.69, 9.17) is 0 Å². The van der Waals surface area contributed by atoms with Crippen LogP contribution in [0.15, 0.2) is 24.3 Å². The number of hydrogen-bond acceptors (Lipinski definition) is 3. The number of anilines is 1. The standard InChI is InChI=1S/C16H18F2N2O3/c17-16(18,15(23)6-3-7-15)14(22)19-9-10-8-13(21)20-12-5-2-1-4-11(10)12/h1-2,4-5,10,23H,3,6-9H2,(H,19,22)(H,20,21)/t10-/m0/s1. The van der Waals surface area contributed by atoms with Gasteiger partial charge in [-0.2, -0.15) is 8.78 Å². The Bertz CT molecular complexity index is 644. The normalized spacial score (nSPS) is 22.6. The highest BCUT2D eigenvalue weighted by molar-refractivity contribution is 5.95. The molecule has 23 heavy (non-hydrogen) atoms. The molecule has 2 amide bonds. The number of carbonyl (C=O) groups is 2. The van der Waals surface area contributed by atoms with Crippen LogP contribution in [0.3, 0.4) is 0 Å². The average molecular weight is 324 g/mol.